The van der Waals surface area contributed by atoms with E-state index in [1.807, 2.05) is 6.07 Å². The maximum absolute atomic E-state index is 13.5. The average Bonchev–Trinajstić information content (AvgIpc) is 2.58. The summed E-state index contributed by atoms with van der Waals surface area (Å²) in [5, 5.41) is -0.152. The third-order valence-corrected chi connectivity index (χ3v) is 4.24. The fourth-order valence-corrected chi connectivity index (χ4v) is 3.22. The third-order valence-electron chi connectivity index (χ3n) is 4.24. The van der Waals surface area contributed by atoms with E-state index >= 15 is 0 Å². The van der Waals surface area contributed by atoms with Gasteiger partial charge in [0, 0.05) is 22.8 Å². The van der Waals surface area contributed by atoms with Crippen LogP contribution in [0.3, 0.4) is 0 Å². The number of pyridine rings is 1. The van der Waals surface area contributed by atoms with Gasteiger partial charge in [0.1, 0.15) is 18.1 Å². The minimum absolute atomic E-state index is 0.0805. The predicted octanol–water partition coefficient (Wildman–Crippen LogP) is 4.11. The number of rotatable bonds is 1. The van der Waals surface area contributed by atoms with Crippen molar-refractivity contribution in [3.63, 3.8) is 0 Å². The van der Waals surface area contributed by atoms with Crippen molar-refractivity contribution in [3.05, 3.63) is 57.9 Å². The van der Waals surface area contributed by atoms with Gasteiger partial charge in [-0.15, -0.1) is 0 Å². The number of H-pyrrole nitrogens is 1. The van der Waals surface area contributed by atoms with Crippen LogP contribution in [-0.4, -0.2) is 12.1 Å². The molecule has 0 fully saturated rings. The van der Waals surface area contributed by atoms with Crippen LogP contribution in [0.25, 0.3) is 22.0 Å². The summed E-state index contributed by atoms with van der Waals surface area (Å²) in [7, 11) is 1.50. The van der Waals surface area contributed by atoms with Crippen molar-refractivity contribution in [3.8, 4) is 22.6 Å². The fraction of sp³-hybridized carbons (Fsp3) is 0.167. The first kappa shape index (κ1) is 15.6. The molecule has 0 unspecified atom stereocenters. The second kappa shape index (κ2) is 5.27. The Labute approximate surface area is 139 Å². The Bertz CT molecular complexity index is 1040. The largest absolute Gasteiger partial charge is 0.496 e. The summed E-state index contributed by atoms with van der Waals surface area (Å²) in [5.41, 5.74) is 0.285. The van der Waals surface area contributed by atoms with E-state index in [-0.39, 0.29) is 23.3 Å². The molecule has 1 aliphatic heterocycles. The van der Waals surface area contributed by atoms with Crippen LogP contribution < -0.4 is 15.0 Å². The zero-order valence-corrected chi connectivity index (χ0v) is 13.0. The number of nitrogens with one attached hydrogen (secondary N) is 1. The van der Waals surface area contributed by atoms with Crippen molar-refractivity contribution >= 4 is 10.9 Å². The molecule has 0 atom stereocenters. The number of halogens is 3. The Morgan fingerprint density at radius 1 is 1.20 bits per heavy atom. The van der Waals surface area contributed by atoms with Gasteiger partial charge in [0.05, 0.1) is 23.6 Å². The van der Waals surface area contributed by atoms with Crippen LogP contribution in [0.15, 0.2) is 41.2 Å². The van der Waals surface area contributed by atoms with E-state index in [1.165, 1.54) is 13.2 Å². The van der Waals surface area contributed by atoms with Crippen molar-refractivity contribution in [2.45, 2.75) is 12.8 Å². The normalized spacial score (nSPS) is 13.1. The molecule has 0 aliphatic carbocycles. The van der Waals surface area contributed by atoms with Gasteiger partial charge in [-0.25, -0.2) is 0 Å². The number of alkyl halides is 3. The first-order valence-corrected chi connectivity index (χ1v) is 7.46. The van der Waals surface area contributed by atoms with Crippen molar-refractivity contribution in [1.29, 1.82) is 0 Å². The molecule has 1 aromatic heterocycles. The highest BCUT2D eigenvalue weighted by Gasteiger charge is 2.36. The zero-order chi connectivity index (χ0) is 17.8. The van der Waals surface area contributed by atoms with Gasteiger partial charge in [0.2, 0.25) is 5.56 Å². The highest BCUT2D eigenvalue weighted by molar-refractivity contribution is 5.97. The molecule has 0 bridgehead atoms. The van der Waals surface area contributed by atoms with Crippen LogP contribution in [0, 0.1) is 0 Å². The maximum Gasteiger partial charge on any atom is 0.417 e. The van der Waals surface area contributed by atoms with E-state index in [2.05, 4.69) is 4.98 Å². The standard InChI is InChI=1S/C18H12F3NO3/c1-24-13-4-2-3-9-8-25-17-10(15(9)13)5-6-12-16(17)11(18(19,20)21)7-14(23)22-12/h2-7H,8H2,1H3,(H,22,23). The molecule has 128 valence electrons. The highest BCUT2D eigenvalue weighted by Crippen LogP contribution is 2.48. The van der Waals surface area contributed by atoms with E-state index < -0.39 is 17.3 Å². The summed E-state index contributed by atoms with van der Waals surface area (Å²) in [4.78, 5) is 14.0. The second-order valence-electron chi connectivity index (χ2n) is 5.69. The molecule has 2 aromatic carbocycles. The number of hydrogen-bond acceptors (Lipinski definition) is 3. The van der Waals surface area contributed by atoms with Gasteiger partial charge in [-0.1, -0.05) is 12.1 Å². The Morgan fingerprint density at radius 2 is 2.00 bits per heavy atom. The SMILES string of the molecule is COc1cccc2c1-c1ccc3[nH]c(=O)cc(C(F)(F)F)c3c1OC2. The van der Waals surface area contributed by atoms with E-state index in [9.17, 15) is 18.0 Å². The quantitative estimate of drug-likeness (QED) is 0.721. The minimum atomic E-state index is -4.67. The molecule has 0 amide bonds. The molecule has 7 heteroatoms. The lowest BCUT2D eigenvalue weighted by atomic mass is 9.93. The number of benzene rings is 2. The van der Waals surface area contributed by atoms with Gasteiger partial charge in [-0.05, 0) is 18.2 Å². The van der Waals surface area contributed by atoms with E-state index in [1.54, 1.807) is 18.2 Å². The molecular formula is C18H12F3NO3. The molecule has 4 rings (SSSR count). The number of methoxy groups -OCH3 is 1. The van der Waals surface area contributed by atoms with E-state index in [0.717, 1.165) is 5.56 Å². The minimum Gasteiger partial charge on any atom is -0.496 e. The number of aromatic amines is 1. The van der Waals surface area contributed by atoms with Crippen LogP contribution in [0.5, 0.6) is 11.5 Å². The molecule has 25 heavy (non-hydrogen) atoms. The van der Waals surface area contributed by atoms with Gasteiger partial charge < -0.3 is 14.5 Å². The Kier molecular flexibility index (Phi) is 3.28. The van der Waals surface area contributed by atoms with E-state index in [4.69, 9.17) is 9.47 Å². The highest BCUT2D eigenvalue weighted by atomic mass is 19.4. The predicted molar refractivity (Wildman–Crippen MR) is 85.9 cm³/mol. The molecule has 4 nitrogen and oxygen atoms in total. The van der Waals surface area contributed by atoms with Crippen LogP contribution >= 0.6 is 0 Å². The number of ether oxygens (including phenoxy) is 2. The molecular weight excluding hydrogens is 335 g/mol. The summed E-state index contributed by atoms with van der Waals surface area (Å²) < 4.78 is 51.5. The van der Waals surface area contributed by atoms with Gasteiger partial charge in [-0.3, -0.25) is 4.79 Å². The summed E-state index contributed by atoms with van der Waals surface area (Å²) in [6.45, 7) is 0.120. The first-order chi connectivity index (χ1) is 11.9. The van der Waals surface area contributed by atoms with Crippen LogP contribution in [0.4, 0.5) is 13.2 Å². The number of hydrogen-bond donors (Lipinski definition) is 1. The molecule has 0 saturated heterocycles. The zero-order valence-electron chi connectivity index (χ0n) is 13.0. The summed E-state index contributed by atoms with van der Waals surface area (Å²) in [6.07, 6.45) is -4.67. The maximum atomic E-state index is 13.5. The van der Waals surface area contributed by atoms with E-state index in [0.29, 0.717) is 22.9 Å². The number of aromatic nitrogens is 1. The molecule has 1 N–H and O–H groups in total. The number of fused-ring (bicyclic) bond motifs is 5. The van der Waals surface area contributed by atoms with Crippen molar-refractivity contribution in [1.82, 2.24) is 4.98 Å². The topological polar surface area (TPSA) is 51.3 Å². The Hall–Kier alpha value is -2.96. The third kappa shape index (κ3) is 2.34. The average molecular weight is 347 g/mol. The second-order valence-corrected chi connectivity index (χ2v) is 5.69. The van der Waals surface area contributed by atoms with Crippen molar-refractivity contribution in [2.75, 3.05) is 7.11 Å². The van der Waals surface area contributed by atoms with Gasteiger partial charge >= 0.3 is 6.18 Å². The molecule has 3 aromatic rings. The smallest absolute Gasteiger partial charge is 0.417 e. The lowest BCUT2D eigenvalue weighted by Gasteiger charge is -2.25. The summed E-state index contributed by atoms with van der Waals surface area (Å²) >= 11 is 0. The van der Waals surface area contributed by atoms with Gasteiger partial charge in [-0.2, -0.15) is 13.2 Å². The molecule has 2 heterocycles. The first-order valence-electron chi connectivity index (χ1n) is 7.46. The Morgan fingerprint density at radius 3 is 2.72 bits per heavy atom. The van der Waals surface area contributed by atoms with Crippen molar-refractivity contribution in [2.24, 2.45) is 0 Å². The molecule has 0 spiro atoms. The summed E-state index contributed by atoms with van der Waals surface area (Å²) in [6, 6.07) is 9.03. The van der Waals surface area contributed by atoms with Gasteiger partial charge in [0.25, 0.3) is 0 Å². The van der Waals surface area contributed by atoms with Crippen LogP contribution in [0.2, 0.25) is 0 Å². The van der Waals surface area contributed by atoms with Crippen LogP contribution in [-0.2, 0) is 12.8 Å². The Balaban J connectivity index is 2.13. The summed E-state index contributed by atoms with van der Waals surface area (Å²) in [5.74, 6) is 0.650. The lowest BCUT2D eigenvalue weighted by molar-refractivity contribution is -0.136. The molecule has 1 aliphatic rings. The monoisotopic (exact) mass is 347 g/mol. The fourth-order valence-electron chi connectivity index (χ4n) is 3.22. The lowest BCUT2D eigenvalue weighted by Crippen LogP contribution is -2.16. The van der Waals surface area contributed by atoms with Crippen LogP contribution in [0.1, 0.15) is 11.1 Å². The molecule has 0 saturated carbocycles. The molecule has 0 radical (unpaired) electrons. The van der Waals surface area contributed by atoms with Crippen molar-refractivity contribution < 1.29 is 22.6 Å². The van der Waals surface area contributed by atoms with Gasteiger partial charge in [0.15, 0.2) is 0 Å².